The van der Waals surface area contributed by atoms with E-state index in [-0.39, 0.29) is 10.7 Å². The molecule has 0 aliphatic heterocycles. The first kappa shape index (κ1) is 13.6. The second-order valence-electron chi connectivity index (χ2n) is 3.94. The van der Waals surface area contributed by atoms with E-state index < -0.39 is 10.0 Å². The smallest absolute Gasteiger partial charge is 0.281 e. The fraction of sp³-hybridized carbons (Fsp3) is 0.0833. The normalized spacial score (nSPS) is 11.3. The van der Waals surface area contributed by atoms with Crippen molar-refractivity contribution in [1.82, 2.24) is 4.98 Å². The number of rotatable bonds is 3. The summed E-state index contributed by atoms with van der Waals surface area (Å²) in [5.41, 5.74) is 6.75. The maximum absolute atomic E-state index is 12.2. The molecule has 3 N–H and O–H groups in total. The van der Waals surface area contributed by atoms with Crippen molar-refractivity contribution in [2.45, 2.75) is 11.9 Å². The first-order chi connectivity index (χ1) is 8.92. The SMILES string of the molecule is Cc1cccc(Cl)c1NS(=O)(=O)c1ncccc1N. The molecule has 2 rings (SSSR count). The van der Waals surface area contributed by atoms with Gasteiger partial charge in [-0.15, -0.1) is 0 Å². The number of nitrogen functional groups attached to an aromatic ring is 1. The highest BCUT2D eigenvalue weighted by Gasteiger charge is 2.20. The molecule has 1 heterocycles. The Morgan fingerprint density at radius 3 is 2.63 bits per heavy atom. The van der Waals surface area contributed by atoms with E-state index in [0.29, 0.717) is 16.3 Å². The van der Waals surface area contributed by atoms with Gasteiger partial charge in [0.2, 0.25) is 0 Å². The van der Waals surface area contributed by atoms with Crippen molar-refractivity contribution in [3.8, 4) is 0 Å². The molecule has 1 aromatic heterocycles. The van der Waals surface area contributed by atoms with Crippen LogP contribution < -0.4 is 10.5 Å². The van der Waals surface area contributed by atoms with E-state index in [9.17, 15) is 8.42 Å². The largest absolute Gasteiger partial charge is 0.396 e. The van der Waals surface area contributed by atoms with Crippen LogP contribution in [0.2, 0.25) is 5.02 Å². The second-order valence-corrected chi connectivity index (χ2v) is 5.94. The van der Waals surface area contributed by atoms with Crippen LogP contribution in [0.1, 0.15) is 5.56 Å². The fourth-order valence-corrected chi connectivity index (χ4v) is 3.11. The molecule has 100 valence electrons. The maximum atomic E-state index is 12.2. The molecule has 0 aliphatic rings. The highest BCUT2D eigenvalue weighted by atomic mass is 35.5. The van der Waals surface area contributed by atoms with Gasteiger partial charge in [0.25, 0.3) is 10.0 Å². The molecule has 7 heteroatoms. The summed E-state index contributed by atoms with van der Waals surface area (Å²) in [5.74, 6) is 0. The number of hydrogen-bond acceptors (Lipinski definition) is 4. The molecular weight excluding hydrogens is 286 g/mol. The molecule has 2 aromatic rings. The van der Waals surface area contributed by atoms with E-state index in [1.54, 1.807) is 31.2 Å². The number of nitrogens with two attached hydrogens (primary N) is 1. The molecule has 19 heavy (non-hydrogen) atoms. The predicted molar refractivity (Wildman–Crippen MR) is 75.6 cm³/mol. The predicted octanol–water partition coefficient (Wildman–Crippen LogP) is 2.43. The molecule has 0 bridgehead atoms. The van der Waals surface area contributed by atoms with Gasteiger partial charge in [0.1, 0.15) is 0 Å². The van der Waals surface area contributed by atoms with E-state index in [1.807, 2.05) is 0 Å². The number of aryl methyl sites for hydroxylation is 1. The summed E-state index contributed by atoms with van der Waals surface area (Å²) in [5, 5.41) is 0.104. The third-order valence-electron chi connectivity index (χ3n) is 2.51. The average Bonchev–Trinajstić information content (AvgIpc) is 2.34. The molecule has 0 atom stereocenters. The van der Waals surface area contributed by atoms with Crippen LogP contribution in [0.3, 0.4) is 0 Å². The molecule has 0 amide bonds. The molecular formula is C12H12ClN3O2S. The molecule has 0 unspecified atom stereocenters. The number of anilines is 2. The van der Waals surface area contributed by atoms with Gasteiger partial charge in [-0.05, 0) is 30.7 Å². The number of sulfonamides is 1. The Kier molecular flexibility index (Phi) is 3.64. The monoisotopic (exact) mass is 297 g/mol. The van der Waals surface area contributed by atoms with Crippen molar-refractivity contribution in [3.63, 3.8) is 0 Å². The number of hydrogen-bond donors (Lipinski definition) is 2. The van der Waals surface area contributed by atoms with Gasteiger partial charge in [-0.25, -0.2) is 4.98 Å². The minimum absolute atomic E-state index is 0.0831. The van der Waals surface area contributed by atoms with Crippen LogP contribution >= 0.6 is 11.6 Å². The van der Waals surface area contributed by atoms with Gasteiger partial charge >= 0.3 is 0 Å². The van der Waals surface area contributed by atoms with Crippen LogP contribution in [-0.2, 0) is 10.0 Å². The number of nitrogens with zero attached hydrogens (tertiary/aromatic N) is 1. The van der Waals surface area contributed by atoms with Gasteiger partial charge in [0, 0.05) is 6.20 Å². The zero-order valence-electron chi connectivity index (χ0n) is 10.1. The van der Waals surface area contributed by atoms with Gasteiger partial charge in [0.15, 0.2) is 5.03 Å². The van der Waals surface area contributed by atoms with Crippen LogP contribution in [0.25, 0.3) is 0 Å². The summed E-state index contributed by atoms with van der Waals surface area (Å²) in [4.78, 5) is 3.79. The van der Waals surface area contributed by atoms with Crippen molar-refractivity contribution >= 4 is 33.0 Å². The summed E-state index contributed by atoms with van der Waals surface area (Å²) in [6.07, 6.45) is 1.37. The molecule has 1 aromatic carbocycles. The minimum atomic E-state index is -3.86. The van der Waals surface area contributed by atoms with E-state index in [2.05, 4.69) is 9.71 Å². The second kappa shape index (κ2) is 5.07. The molecule has 0 fully saturated rings. The third kappa shape index (κ3) is 2.80. The van der Waals surface area contributed by atoms with Crippen molar-refractivity contribution in [3.05, 3.63) is 47.1 Å². The number of pyridine rings is 1. The molecule has 0 saturated heterocycles. The Hall–Kier alpha value is -1.79. The van der Waals surface area contributed by atoms with Crippen LogP contribution in [0.5, 0.6) is 0 Å². The number of aromatic nitrogens is 1. The van der Waals surface area contributed by atoms with Gasteiger partial charge < -0.3 is 5.73 Å². The average molecular weight is 298 g/mol. The van der Waals surface area contributed by atoms with Gasteiger partial charge in [-0.1, -0.05) is 23.7 Å². The van der Waals surface area contributed by atoms with Gasteiger partial charge in [-0.2, -0.15) is 8.42 Å². The fourth-order valence-electron chi connectivity index (χ4n) is 1.57. The van der Waals surface area contributed by atoms with Crippen LogP contribution in [0, 0.1) is 6.92 Å². The van der Waals surface area contributed by atoms with Crippen molar-refractivity contribution < 1.29 is 8.42 Å². The summed E-state index contributed by atoms with van der Waals surface area (Å²) in [7, 11) is -3.86. The lowest BCUT2D eigenvalue weighted by Gasteiger charge is -2.12. The van der Waals surface area contributed by atoms with E-state index >= 15 is 0 Å². The summed E-state index contributed by atoms with van der Waals surface area (Å²) >= 11 is 5.98. The number of nitrogens with one attached hydrogen (secondary N) is 1. The maximum Gasteiger partial charge on any atom is 0.281 e. The zero-order chi connectivity index (χ0) is 14.0. The molecule has 0 aliphatic carbocycles. The summed E-state index contributed by atoms with van der Waals surface area (Å²) in [6.45, 7) is 1.76. The summed E-state index contributed by atoms with van der Waals surface area (Å²) in [6, 6.07) is 8.14. The van der Waals surface area contributed by atoms with Crippen LogP contribution in [0.15, 0.2) is 41.6 Å². The number of benzene rings is 1. The lowest BCUT2D eigenvalue weighted by Crippen LogP contribution is -2.17. The van der Waals surface area contributed by atoms with Gasteiger partial charge in [-0.3, -0.25) is 4.72 Å². The van der Waals surface area contributed by atoms with E-state index in [0.717, 1.165) is 0 Å². The lowest BCUT2D eigenvalue weighted by atomic mass is 10.2. The van der Waals surface area contributed by atoms with Crippen molar-refractivity contribution in [2.24, 2.45) is 0 Å². The summed E-state index contributed by atoms with van der Waals surface area (Å²) < 4.78 is 26.8. The van der Waals surface area contributed by atoms with Crippen LogP contribution in [-0.4, -0.2) is 13.4 Å². The van der Waals surface area contributed by atoms with Crippen molar-refractivity contribution in [1.29, 1.82) is 0 Å². The highest BCUT2D eigenvalue weighted by Crippen LogP contribution is 2.28. The minimum Gasteiger partial charge on any atom is -0.396 e. The molecule has 0 spiro atoms. The molecule has 0 radical (unpaired) electrons. The molecule has 0 saturated carbocycles. The van der Waals surface area contributed by atoms with Gasteiger partial charge in [0.05, 0.1) is 16.4 Å². The van der Waals surface area contributed by atoms with Crippen LogP contribution in [0.4, 0.5) is 11.4 Å². The highest BCUT2D eigenvalue weighted by molar-refractivity contribution is 7.92. The topological polar surface area (TPSA) is 85.1 Å². The molecule has 5 nitrogen and oxygen atoms in total. The van der Waals surface area contributed by atoms with E-state index in [4.69, 9.17) is 17.3 Å². The quantitative estimate of drug-likeness (QED) is 0.911. The Morgan fingerprint density at radius 2 is 2.00 bits per heavy atom. The zero-order valence-corrected chi connectivity index (χ0v) is 11.7. The number of para-hydroxylation sites is 1. The Bertz CT molecular complexity index is 696. The Morgan fingerprint density at radius 1 is 1.26 bits per heavy atom. The van der Waals surface area contributed by atoms with Crippen molar-refractivity contribution in [2.75, 3.05) is 10.5 Å². The number of halogens is 1. The Balaban J connectivity index is 2.46. The standard InChI is InChI=1S/C12H12ClN3O2S/c1-8-4-2-5-9(13)11(8)16-19(17,18)12-10(14)6-3-7-15-12/h2-7,16H,14H2,1H3. The van der Waals surface area contributed by atoms with E-state index in [1.165, 1.54) is 12.3 Å². The Labute approximate surface area is 116 Å². The lowest BCUT2D eigenvalue weighted by molar-refractivity contribution is 0.598. The first-order valence-electron chi connectivity index (χ1n) is 5.40. The third-order valence-corrected chi connectivity index (χ3v) is 4.15. The first-order valence-corrected chi connectivity index (χ1v) is 7.26.